The number of methoxy groups -OCH3 is 1. The van der Waals surface area contributed by atoms with E-state index in [0.29, 0.717) is 40.5 Å². The topological polar surface area (TPSA) is 87.5 Å². The maximum absolute atomic E-state index is 12.3. The van der Waals surface area contributed by atoms with Gasteiger partial charge in [-0.05, 0) is 43.7 Å². The lowest BCUT2D eigenvalue weighted by molar-refractivity contribution is -0.113. The van der Waals surface area contributed by atoms with Crippen LogP contribution in [0, 0.1) is 6.92 Å². The fourth-order valence-corrected chi connectivity index (χ4v) is 3.50. The average Bonchev–Trinajstić information content (AvgIpc) is 3.11. The fourth-order valence-electron chi connectivity index (χ4n) is 2.77. The first-order valence-corrected chi connectivity index (χ1v) is 10.8. The molecule has 0 fully saturated rings. The molecule has 164 valence electrons. The van der Waals surface area contributed by atoms with Crippen molar-refractivity contribution in [1.29, 1.82) is 0 Å². The fraction of sp³-hybridized carbons (Fsp3) is 0.318. The molecule has 0 saturated heterocycles. The third kappa shape index (κ3) is 6.14. The zero-order chi connectivity index (χ0) is 22.2. The Morgan fingerprint density at radius 2 is 1.97 bits per heavy atom. The third-order valence-electron chi connectivity index (χ3n) is 4.37. The molecule has 0 saturated carbocycles. The first-order chi connectivity index (χ1) is 15.0. The van der Waals surface area contributed by atoms with Gasteiger partial charge < -0.3 is 24.1 Å². The van der Waals surface area contributed by atoms with E-state index in [9.17, 15) is 4.79 Å². The molecule has 0 bridgehead atoms. The summed E-state index contributed by atoms with van der Waals surface area (Å²) in [7, 11) is 3.43. The maximum atomic E-state index is 12.3. The minimum atomic E-state index is -0.139. The molecule has 1 heterocycles. The minimum Gasteiger partial charge on any atom is -0.497 e. The zero-order valence-corrected chi connectivity index (χ0v) is 18.9. The van der Waals surface area contributed by atoms with Crippen LogP contribution in [0.2, 0.25) is 0 Å². The van der Waals surface area contributed by atoms with Crippen molar-refractivity contribution in [2.45, 2.75) is 25.6 Å². The molecular weight excluding hydrogens is 416 g/mol. The molecule has 0 radical (unpaired) electrons. The second-order valence-corrected chi connectivity index (χ2v) is 7.64. The van der Waals surface area contributed by atoms with Crippen LogP contribution < -0.4 is 19.5 Å². The van der Waals surface area contributed by atoms with E-state index < -0.39 is 0 Å². The molecule has 0 aliphatic rings. The lowest BCUT2D eigenvalue weighted by atomic mass is 10.2. The maximum Gasteiger partial charge on any atom is 0.234 e. The van der Waals surface area contributed by atoms with Crippen molar-refractivity contribution in [2.75, 3.05) is 24.8 Å². The van der Waals surface area contributed by atoms with E-state index in [-0.39, 0.29) is 18.3 Å². The molecule has 1 N–H and O–H groups in total. The van der Waals surface area contributed by atoms with Gasteiger partial charge in [-0.15, -0.1) is 10.2 Å². The molecule has 8 nitrogen and oxygen atoms in total. The molecule has 0 spiro atoms. The van der Waals surface area contributed by atoms with E-state index in [0.717, 1.165) is 5.56 Å². The van der Waals surface area contributed by atoms with Crippen LogP contribution in [0.4, 0.5) is 5.69 Å². The number of hydrogen-bond acceptors (Lipinski definition) is 7. The number of carbonyl (C=O) groups is 1. The second-order valence-electron chi connectivity index (χ2n) is 6.70. The highest BCUT2D eigenvalue weighted by molar-refractivity contribution is 7.99. The molecule has 2 aromatic carbocycles. The van der Waals surface area contributed by atoms with Crippen LogP contribution in [0.25, 0.3) is 0 Å². The highest BCUT2D eigenvalue weighted by Gasteiger charge is 2.14. The van der Waals surface area contributed by atoms with Gasteiger partial charge in [0.05, 0.1) is 19.5 Å². The summed E-state index contributed by atoms with van der Waals surface area (Å²) in [6.45, 7) is 4.73. The Bertz CT molecular complexity index is 1040. The molecule has 9 heteroatoms. The number of aryl methyl sites for hydroxylation is 1. The van der Waals surface area contributed by atoms with Crippen molar-refractivity contribution in [3.05, 3.63) is 53.9 Å². The van der Waals surface area contributed by atoms with Crippen LogP contribution in [-0.2, 0) is 18.4 Å². The lowest BCUT2D eigenvalue weighted by Gasteiger charge is -2.12. The van der Waals surface area contributed by atoms with E-state index in [4.69, 9.17) is 14.2 Å². The highest BCUT2D eigenvalue weighted by Crippen LogP contribution is 2.29. The van der Waals surface area contributed by atoms with E-state index in [1.807, 2.05) is 61.9 Å². The summed E-state index contributed by atoms with van der Waals surface area (Å²) >= 11 is 1.31. The largest absolute Gasteiger partial charge is 0.497 e. The number of carbonyl (C=O) groups excluding carboxylic acids is 1. The van der Waals surface area contributed by atoms with Crippen LogP contribution in [0.5, 0.6) is 17.2 Å². The Hall–Kier alpha value is -3.20. The number of amides is 1. The quantitative estimate of drug-likeness (QED) is 0.477. The van der Waals surface area contributed by atoms with Gasteiger partial charge in [0.15, 0.2) is 22.5 Å². The Balaban J connectivity index is 1.56. The molecule has 3 aromatic rings. The Labute approximate surface area is 185 Å². The minimum absolute atomic E-state index is 0.139. The van der Waals surface area contributed by atoms with Gasteiger partial charge in [0.1, 0.15) is 12.4 Å². The van der Waals surface area contributed by atoms with Crippen molar-refractivity contribution >= 4 is 23.4 Å². The average molecular weight is 443 g/mol. The highest BCUT2D eigenvalue weighted by atomic mass is 32.2. The standard InChI is InChI=1S/C22H26N4O4S/c1-5-29-19-11-15(2)9-10-18(19)30-13-20-24-25-22(26(20)3)31-14-21(27)23-16-7-6-8-17(12-16)28-4/h6-12H,5,13-14H2,1-4H3,(H,23,27). The zero-order valence-electron chi connectivity index (χ0n) is 18.0. The molecular formula is C22H26N4O4S. The van der Waals surface area contributed by atoms with E-state index in [2.05, 4.69) is 15.5 Å². The van der Waals surface area contributed by atoms with Crippen LogP contribution in [-0.4, -0.2) is 40.1 Å². The predicted octanol–water partition coefficient (Wildman–Crippen LogP) is 3.84. The number of anilines is 1. The second kappa shape index (κ2) is 10.7. The van der Waals surface area contributed by atoms with E-state index >= 15 is 0 Å². The van der Waals surface area contributed by atoms with Crippen LogP contribution in [0.3, 0.4) is 0 Å². The van der Waals surface area contributed by atoms with E-state index in [1.54, 1.807) is 13.2 Å². The van der Waals surface area contributed by atoms with Gasteiger partial charge in [0.2, 0.25) is 5.91 Å². The molecule has 31 heavy (non-hydrogen) atoms. The molecule has 0 atom stereocenters. The monoisotopic (exact) mass is 442 g/mol. The number of hydrogen-bond donors (Lipinski definition) is 1. The molecule has 1 amide bonds. The number of thioether (sulfide) groups is 1. The van der Waals surface area contributed by atoms with Gasteiger partial charge in [0.25, 0.3) is 0 Å². The first kappa shape index (κ1) is 22.5. The summed E-state index contributed by atoms with van der Waals surface area (Å²) in [6, 6.07) is 13.0. The smallest absolute Gasteiger partial charge is 0.234 e. The predicted molar refractivity (Wildman–Crippen MR) is 120 cm³/mol. The summed E-state index contributed by atoms with van der Waals surface area (Å²) in [5, 5.41) is 11.8. The summed E-state index contributed by atoms with van der Waals surface area (Å²) in [4.78, 5) is 12.3. The number of aromatic nitrogens is 3. The number of nitrogens with zero attached hydrogens (tertiary/aromatic N) is 3. The third-order valence-corrected chi connectivity index (χ3v) is 5.39. The van der Waals surface area contributed by atoms with Crippen molar-refractivity contribution < 1.29 is 19.0 Å². The van der Waals surface area contributed by atoms with Crippen LogP contribution in [0.1, 0.15) is 18.3 Å². The Kier molecular flexibility index (Phi) is 7.77. The summed E-state index contributed by atoms with van der Waals surface area (Å²) in [5.41, 5.74) is 1.78. The van der Waals surface area contributed by atoms with Crippen LogP contribution >= 0.6 is 11.8 Å². The number of ether oxygens (including phenoxy) is 3. The number of rotatable bonds is 10. The summed E-state index contributed by atoms with van der Waals surface area (Å²) in [5.74, 6) is 2.76. The van der Waals surface area contributed by atoms with Gasteiger partial charge in [-0.25, -0.2) is 0 Å². The lowest BCUT2D eigenvalue weighted by Crippen LogP contribution is -2.14. The molecule has 3 rings (SSSR count). The molecule has 0 unspecified atom stereocenters. The Morgan fingerprint density at radius 1 is 1.13 bits per heavy atom. The summed E-state index contributed by atoms with van der Waals surface area (Å²) in [6.07, 6.45) is 0. The summed E-state index contributed by atoms with van der Waals surface area (Å²) < 4.78 is 18.5. The Morgan fingerprint density at radius 3 is 2.74 bits per heavy atom. The van der Waals surface area contributed by atoms with Gasteiger partial charge >= 0.3 is 0 Å². The van der Waals surface area contributed by atoms with Crippen molar-refractivity contribution in [3.8, 4) is 17.2 Å². The van der Waals surface area contributed by atoms with Gasteiger partial charge in [-0.2, -0.15) is 0 Å². The van der Waals surface area contributed by atoms with E-state index in [1.165, 1.54) is 11.8 Å². The number of benzene rings is 2. The van der Waals surface area contributed by atoms with Crippen molar-refractivity contribution in [1.82, 2.24) is 14.8 Å². The van der Waals surface area contributed by atoms with Crippen molar-refractivity contribution in [2.24, 2.45) is 7.05 Å². The molecule has 1 aromatic heterocycles. The van der Waals surface area contributed by atoms with Crippen LogP contribution in [0.15, 0.2) is 47.6 Å². The molecule has 0 aliphatic carbocycles. The molecule has 0 aliphatic heterocycles. The SMILES string of the molecule is CCOc1cc(C)ccc1OCc1nnc(SCC(=O)Nc2cccc(OC)c2)n1C. The normalized spacial score (nSPS) is 10.6. The van der Waals surface area contributed by atoms with Gasteiger partial charge in [-0.1, -0.05) is 23.9 Å². The van der Waals surface area contributed by atoms with Gasteiger partial charge in [-0.3, -0.25) is 4.79 Å². The van der Waals surface area contributed by atoms with Gasteiger partial charge in [0, 0.05) is 18.8 Å². The van der Waals surface area contributed by atoms with Crippen molar-refractivity contribution in [3.63, 3.8) is 0 Å². The first-order valence-electron chi connectivity index (χ1n) is 9.81. The number of nitrogens with one attached hydrogen (secondary N) is 1.